The van der Waals surface area contributed by atoms with Crippen LogP contribution in [0.5, 0.6) is 0 Å². The van der Waals surface area contributed by atoms with Crippen LogP contribution >= 0.6 is 0 Å². The van der Waals surface area contributed by atoms with E-state index < -0.39 is 17.9 Å². The Morgan fingerprint density at radius 1 is 1.17 bits per heavy atom. The number of carboxylic acids is 1. The van der Waals surface area contributed by atoms with Crippen molar-refractivity contribution in [1.29, 1.82) is 0 Å². The van der Waals surface area contributed by atoms with Crippen molar-refractivity contribution < 1.29 is 28.9 Å². The third-order valence-electron chi connectivity index (χ3n) is 1.57. The first-order chi connectivity index (χ1) is 8.43. The molecule has 0 unspecified atom stereocenters. The van der Waals surface area contributed by atoms with Gasteiger partial charge < -0.3 is 19.3 Å². The fourth-order valence-electron chi connectivity index (χ4n) is 0.877. The molecule has 0 saturated heterocycles. The van der Waals surface area contributed by atoms with Gasteiger partial charge in [0.2, 0.25) is 0 Å². The summed E-state index contributed by atoms with van der Waals surface area (Å²) in [6.45, 7) is 8.48. The Bertz CT molecular complexity index is 332. The molecule has 0 aromatic heterocycles. The maximum Gasteiger partial charge on any atom is 0.335 e. The molecule has 18 heavy (non-hydrogen) atoms. The minimum atomic E-state index is -1.62. The number of carbonyl (C=O) groups is 2. The third-order valence-corrected chi connectivity index (χ3v) is 1.57. The Morgan fingerprint density at radius 3 is 2.06 bits per heavy atom. The van der Waals surface area contributed by atoms with Crippen LogP contribution in [-0.4, -0.2) is 36.2 Å². The highest BCUT2D eigenvalue weighted by molar-refractivity contribution is 5.90. The van der Waals surface area contributed by atoms with E-state index in [-0.39, 0.29) is 13.2 Å². The SMILES string of the molecule is C=CCOC(C)(OCC=C)OC(=O)/C=C\C(=O)O. The normalized spacial score (nSPS) is 11.2. The zero-order valence-electron chi connectivity index (χ0n) is 10.1. The molecule has 0 amide bonds. The van der Waals surface area contributed by atoms with Gasteiger partial charge in [-0.15, -0.1) is 13.2 Å². The van der Waals surface area contributed by atoms with Crippen molar-refractivity contribution in [2.75, 3.05) is 13.2 Å². The summed E-state index contributed by atoms with van der Waals surface area (Å²) in [7, 11) is 0. The van der Waals surface area contributed by atoms with Crippen LogP contribution in [0, 0.1) is 0 Å². The van der Waals surface area contributed by atoms with Crippen LogP contribution in [-0.2, 0) is 23.8 Å². The van der Waals surface area contributed by atoms with Crippen molar-refractivity contribution in [2.45, 2.75) is 12.9 Å². The summed E-state index contributed by atoms with van der Waals surface area (Å²) >= 11 is 0. The van der Waals surface area contributed by atoms with Crippen molar-refractivity contribution in [3.8, 4) is 0 Å². The lowest BCUT2D eigenvalue weighted by molar-refractivity contribution is -0.343. The molecule has 0 aliphatic heterocycles. The van der Waals surface area contributed by atoms with Crippen molar-refractivity contribution in [3.05, 3.63) is 37.5 Å². The molecule has 0 saturated carbocycles. The zero-order chi connectivity index (χ0) is 14.0. The number of ether oxygens (including phenoxy) is 3. The predicted molar refractivity (Wildman–Crippen MR) is 63.6 cm³/mol. The minimum Gasteiger partial charge on any atom is -0.478 e. The van der Waals surface area contributed by atoms with E-state index >= 15 is 0 Å². The highest BCUT2D eigenvalue weighted by Crippen LogP contribution is 2.15. The Balaban J connectivity index is 4.55. The number of aliphatic carboxylic acids is 1. The quantitative estimate of drug-likeness (QED) is 0.289. The molecule has 0 fully saturated rings. The maximum absolute atomic E-state index is 11.3. The fourth-order valence-corrected chi connectivity index (χ4v) is 0.877. The second kappa shape index (κ2) is 8.21. The van der Waals surface area contributed by atoms with Gasteiger partial charge in [0.15, 0.2) is 0 Å². The minimum absolute atomic E-state index is 0.101. The lowest BCUT2D eigenvalue weighted by Gasteiger charge is -2.27. The monoisotopic (exact) mass is 256 g/mol. The Kier molecular flexibility index (Phi) is 7.34. The molecule has 0 bridgehead atoms. The lowest BCUT2D eigenvalue weighted by atomic mass is 10.5. The van der Waals surface area contributed by atoms with Crippen LogP contribution < -0.4 is 0 Å². The lowest BCUT2D eigenvalue weighted by Crippen LogP contribution is -2.38. The summed E-state index contributed by atoms with van der Waals surface area (Å²) in [5, 5.41) is 8.36. The first kappa shape index (κ1) is 16.1. The average molecular weight is 256 g/mol. The van der Waals surface area contributed by atoms with Gasteiger partial charge in [-0.05, 0) is 0 Å². The number of hydrogen-bond donors (Lipinski definition) is 1. The maximum atomic E-state index is 11.3. The van der Waals surface area contributed by atoms with E-state index in [1.165, 1.54) is 19.1 Å². The van der Waals surface area contributed by atoms with Crippen LogP contribution in [0.2, 0.25) is 0 Å². The molecular formula is C12H16O6. The van der Waals surface area contributed by atoms with Crippen molar-refractivity contribution in [3.63, 3.8) is 0 Å². The number of carboxylic acid groups (broad SMARTS) is 1. The largest absolute Gasteiger partial charge is 0.478 e. The predicted octanol–water partition coefficient (Wildman–Crippen LogP) is 1.25. The van der Waals surface area contributed by atoms with Crippen molar-refractivity contribution in [1.82, 2.24) is 0 Å². The first-order valence-corrected chi connectivity index (χ1v) is 5.07. The Morgan fingerprint density at radius 2 is 1.67 bits per heavy atom. The molecular weight excluding hydrogens is 240 g/mol. The number of hydrogen-bond acceptors (Lipinski definition) is 5. The Hall–Kier alpha value is -1.92. The summed E-state index contributed by atoms with van der Waals surface area (Å²) in [5.41, 5.74) is 0. The van der Waals surface area contributed by atoms with E-state index in [0.717, 1.165) is 6.08 Å². The van der Waals surface area contributed by atoms with Crippen LogP contribution in [0.3, 0.4) is 0 Å². The van der Waals surface area contributed by atoms with Gasteiger partial charge >= 0.3 is 17.9 Å². The highest BCUT2D eigenvalue weighted by Gasteiger charge is 2.29. The molecule has 0 aliphatic carbocycles. The summed E-state index contributed by atoms with van der Waals surface area (Å²) in [6, 6.07) is 0. The molecule has 0 aromatic carbocycles. The molecule has 0 heterocycles. The molecule has 6 heteroatoms. The number of carbonyl (C=O) groups excluding carboxylic acids is 1. The second-order valence-electron chi connectivity index (χ2n) is 3.15. The van der Waals surface area contributed by atoms with Gasteiger partial charge in [0.1, 0.15) is 0 Å². The standard InChI is InChI=1S/C12H16O6/c1-4-8-16-12(3,17-9-5-2)18-11(15)7-6-10(13)14/h4-7H,1-2,8-9H2,3H3,(H,13,14)/b7-6-. The summed E-state index contributed by atoms with van der Waals surface area (Å²) in [6.07, 6.45) is 4.33. The van der Waals surface area contributed by atoms with Gasteiger partial charge in [-0.3, -0.25) is 0 Å². The molecule has 0 rings (SSSR count). The molecule has 0 aromatic rings. The van der Waals surface area contributed by atoms with Gasteiger partial charge in [0, 0.05) is 19.1 Å². The van der Waals surface area contributed by atoms with E-state index in [1.54, 1.807) is 0 Å². The summed E-state index contributed by atoms with van der Waals surface area (Å²) < 4.78 is 15.2. The smallest absolute Gasteiger partial charge is 0.335 e. The summed E-state index contributed by atoms with van der Waals surface area (Å²) in [4.78, 5) is 21.5. The highest BCUT2D eigenvalue weighted by atomic mass is 16.9. The van der Waals surface area contributed by atoms with Crippen molar-refractivity contribution in [2.24, 2.45) is 0 Å². The topological polar surface area (TPSA) is 82.1 Å². The second-order valence-corrected chi connectivity index (χ2v) is 3.15. The Labute approximate surface area is 105 Å². The zero-order valence-corrected chi connectivity index (χ0v) is 10.1. The molecule has 0 radical (unpaired) electrons. The van der Waals surface area contributed by atoms with Gasteiger partial charge in [-0.1, -0.05) is 12.2 Å². The van der Waals surface area contributed by atoms with Crippen LogP contribution in [0.25, 0.3) is 0 Å². The van der Waals surface area contributed by atoms with E-state index in [4.69, 9.17) is 19.3 Å². The molecule has 1 N–H and O–H groups in total. The average Bonchev–Trinajstić information content (AvgIpc) is 2.31. The van der Waals surface area contributed by atoms with Gasteiger partial charge in [-0.25, -0.2) is 9.59 Å². The van der Waals surface area contributed by atoms with Gasteiger partial charge in [0.25, 0.3) is 0 Å². The molecule has 0 atom stereocenters. The van der Waals surface area contributed by atoms with E-state index in [9.17, 15) is 9.59 Å². The number of rotatable bonds is 9. The van der Waals surface area contributed by atoms with Crippen LogP contribution in [0.15, 0.2) is 37.5 Å². The van der Waals surface area contributed by atoms with Crippen LogP contribution in [0.1, 0.15) is 6.92 Å². The first-order valence-electron chi connectivity index (χ1n) is 5.07. The van der Waals surface area contributed by atoms with Crippen LogP contribution in [0.4, 0.5) is 0 Å². The van der Waals surface area contributed by atoms with Gasteiger partial charge in [0.05, 0.1) is 13.2 Å². The fraction of sp³-hybridized carbons (Fsp3) is 0.333. The van der Waals surface area contributed by atoms with E-state index in [2.05, 4.69) is 13.2 Å². The third kappa shape index (κ3) is 7.37. The molecule has 6 nitrogen and oxygen atoms in total. The number of esters is 1. The molecule has 0 spiro atoms. The molecule has 0 aliphatic rings. The summed E-state index contributed by atoms with van der Waals surface area (Å²) in [5.74, 6) is -3.77. The van der Waals surface area contributed by atoms with E-state index in [0.29, 0.717) is 6.08 Å². The molecule has 100 valence electrons. The van der Waals surface area contributed by atoms with E-state index in [1.807, 2.05) is 0 Å². The van der Waals surface area contributed by atoms with Gasteiger partial charge in [-0.2, -0.15) is 0 Å². The van der Waals surface area contributed by atoms with Crippen molar-refractivity contribution >= 4 is 11.9 Å².